The quantitative estimate of drug-likeness (QED) is 0.471. The van der Waals surface area contributed by atoms with Crippen LogP contribution in [0.25, 0.3) is 10.9 Å². The molecule has 1 aromatic heterocycles. The van der Waals surface area contributed by atoms with E-state index in [1.165, 1.54) is 0 Å². The Kier molecular flexibility index (Phi) is 4.78. The predicted octanol–water partition coefficient (Wildman–Crippen LogP) is 4.72. The number of anilines is 2. The molecule has 2 amide bonds. The molecule has 138 valence electrons. The number of H-pyrrole nitrogens is 1. The van der Waals surface area contributed by atoms with Crippen molar-refractivity contribution in [3.05, 3.63) is 89.1 Å². The van der Waals surface area contributed by atoms with Crippen LogP contribution in [0.2, 0.25) is 5.02 Å². The van der Waals surface area contributed by atoms with Crippen molar-refractivity contribution in [1.82, 2.24) is 10.2 Å². The molecule has 1 heterocycles. The van der Waals surface area contributed by atoms with E-state index in [1.54, 1.807) is 60.8 Å². The van der Waals surface area contributed by atoms with Crippen molar-refractivity contribution < 1.29 is 9.59 Å². The molecule has 0 fully saturated rings. The molecule has 0 aliphatic heterocycles. The molecule has 3 N–H and O–H groups in total. The number of nitrogens with one attached hydrogen (secondary N) is 3. The minimum Gasteiger partial charge on any atom is -0.322 e. The number of benzene rings is 3. The lowest BCUT2D eigenvalue weighted by Gasteiger charge is -2.09. The van der Waals surface area contributed by atoms with Gasteiger partial charge in [-0.1, -0.05) is 17.7 Å². The first-order valence-electron chi connectivity index (χ1n) is 8.50. The molecule has 4 aromatic rings. The summed E-state index contributed by atoms with van der Waals surface area (Å²) in [5.41, 5.74) is 2.99. The van der Waals surface area contributed by atoms with Gasteiger partial charge in [-0.2, -0.15) is 5.10 Å². The summed E-state index contributed by atoms with van der Waals surface area (Å²) in [4.78, 5) is 24.9. The zero-order valence-electron chi connectivity index (χ0n) is 14.6. The number of carbonyl (C=O) groups is 2. The van der Waals surface area contributed by atoms with Gasteiger partial charge in [0.25, 0.3) is 11.8 Å². The predicted molar refractivity (Wildman–Crippen MR) is 110 cm³/mol. The second-order valence-electron chi connectivity index (χ2n) is 6.17. The molecular formula is C21H15ClN4O2. The first-order chi connectivity index (χ1) is 13.6. The monoisotopic (exact) mass is 390 g/mol. The first kappa shape index (κ1) is 17.8. The van der Waals surface area contributed by atoms with Crippen LogP contribution in [0.5, 0.6) is 0 Å². The van der Waals surface area contributed by atoms with E-state index < -0.39 is 0 Å². The van der Waals surface area contributed by atoms with E-state index in [0.29, 0.717) is 27.5 Å². The van der Waals surface area contributed by atoms with Gasteiger partial charge in [0.15, 0.2) is 0 Å². The van der Waals surface area contributed by atoms with E-state index in [-0.39, 0.29) is 11.8 Å². The number of carbonyl (C=O) groups excluding carboxylic acids is 2. The number of hydrogen-bond donors (Lipinski definition) is 3. The Morgan fingerprint density at radius 2 is 1.54 bits per heavy atom. The summed E-state index contributed by atoms with van der Waals surface area (Å²) in [7, 11) is 0. The van der Waals surface area contributed by atoms with Gasteiger partial charge in [-0.3, -0.25) is 14.7 Å². The van der Waals surface area contributed by atoms with E-state index in [0.717, 1.165) is 10.9 Å². The average molecular weight is 391 g/mol. The molecule has 0 bridgehead atoms. The third kappa shape index (κ3) is 3.87. The lowest BCUT2D eigenvalue weighted by Crippen LogP contribution is -2.14. The van der Waals surface area contributed by atoms with Gasteiger partial charge in [0, 0.05) is 32.9 Å². The standard InChI is InChI=1S/C21H15ClN4O2/c22-16-6-4-13(5-7-16)20(27)24-17-3-1-2-14(10-17)21(28)25-18-8-9-19-15(11-18)12-23-26-19/h1-12H,(H,23,26)(H,24,27)(H,25,28). The first-order valence-corrected chi connectivity index (χ1v) is 8.88. The minimum atomic E-state index is -0.278. The van der Waals surface area contributed by atoms with Crippen molar-refractivity contribution in [3.63, 3.8) is 0 Å². The summed E-state index contributed by atoms with van der Waals surface area (Å²) < 4.78 is 0. The lowest BCUT2D eigenvalue weighted by molar-refractivity contribution is 0.101. The Hall–Kier alpha value is -3.64. The topological polar surface area (TPSA) is 86.9 Å². The lowest BCUT2D eigenvalue weighted by atomic mass is 10.1. The van der Waals surface area contributed by atoms with Gasteiger partial charge in [-0.05, 0) is 60.7 Å². The molecule has 3 aromatic carbocycles. The van der Waals surface area contributed by atoms with Gasteiger partial charge in [0.05, 0.1) is 11.7 Å². The van der Waals surface area contributed by atoms with Crippen molar-refractivity contribution in [2.24, 2.45) is 0 Å². The zero-order chi connectivity index (χ0) is 19.5. The van der Waals surface area contributed by atoms with E-state index in [2.05, 4.69) is 20.8 Å². The van der Waals surface area contributed by atoms with Crippen LogP contribution in [-0.2, 0) is 0 Å². The summed E-state index contributed by atoms with van der Waals surface area (Å²) >= 11 is 5.84. The van der Waals surface area contributed by atoms with Crippen molar-refractivity contribution in [3.8, 4) is 0 Å². The smallest absolute Gasteiger partial charge is 0.255 e. The highest BCUT2D eigenvalue weighted by Crippen LogP contribution is 2.19. The van der Waals surface area contributed by atoms with Crippen molar-refractivity contribution in [2.75, 3.05) is 10.6 Å². The Morgan fingerprint density at radius 1 is 0.821 bits per heavy atom. The van der Waals surface area contributed by atoms with Crippen LogP contribution in [0.3, 0.4) is 0 Å². The molecule has 0 radical (unpaired) electrons. The maximum atomic E-state index is 12.6. The summed E-state index contributed by atoms with van der Waals surface area (Å²) in [5, 5.41) is 13.9. The van der Waals surface area contributed by atoms with E-state index in [4.69, 9.17) is 11.6 Å². The van der Waals surface area contributed by atoms with Gasteiger partial charge >= 0.3 is 0 Å². The zero-order valence-corrected chi connectivity index (χ0v) is 15.3. The molecule has 0 saturated carbocycles. The van der Waals surface area contributed by atoms with Gasteiger partial charge < -0.3 is 10.6 Å². The summed E-state index contributed by atoms with van der Waals surface area (Å²) in [6, 6.07) is 18.8. The molecule has 7 heteroatoms. The number of hydrogen-bond acceptors (Lipinski definition) is 3. The molecule has 0 aliphatic rings. The highest BCUT2D eigenvalue weighted by atomic mass is 35.5. The summed E-state index contributed by atoms with van der Waals surface area (Å²) in [6.45, 7) is 0. The van der Waals surface area contributed by atoms with Crippen molar-refractivity contribution in [2.45, 2.75) is 0 Å². The third-order valence-electron chi connectivity index (χ3n) is 4.19. The number of aromatic nitrogens is 2. The molecule has 0 aliphatic carbocycles. The maximum absolute atomic E-state index is 12.6. The molecular weight excluding hydrogens is 376 g/mol. The van der Waals surface area contributed by atoms with E-state index in [1.807, 2.05) is 12.1 Å². The number of nitrogens with zero attached hydrogens (tertiary/aromatic N) is 1. The molecule has 0 saturated heterocycles. The molecule has 6 nitrogen and oxygen atoms in total. The third-order valence-corrected chi connectivity index (χ3v) is 4.44. The van der Waals surface area contributed by atoms with Crippen molar-refractivity contribution in [1.29, 1.82) is 0 Å². The molecule has 28 heavy (non-hydrogen) atoms. The fourth-order valence-electron chi connectivity index (χ4n) is 2.77. The van der Waals surface area contributed by atoms with Crippen LogP contribution < -0.4 is 10.6 Å². The fraction of sp³-hybridized carbons (Fsp3) is 0. The number of rotatable bonds is 4. The number of amides is 2. The fourth-order valence-corrected chi connectivity index (χ4v) is 2.89. The highest BCUT2D eigenvalue weighted by Gasteiger charge is 2.10. The molecule has 4 rings (SSSR count). The Bertz CT molecular complexity index is 1170. The molecule has 0 atom stereocenters. The van der Waals surface area contributed by atoms with Crippen molar-refractivity contribution >= 4 is 45.7 Å². The number of fused-ring (bicyclic) bond motifs is 1. The van der Waals surface area contributed by atoms with Crippen LogP contribution in [0.4, 0.5) is 11.4 Å². The van der Waals surface area contributed by atoms with E-state index in [9.17, 15) is 9.59 Å². The van der Waals surface area contributed by atoms with Crippen LogP contribution >= 0.6 is 11.6 Å². The Labute approximate surface area is 165 Å². The average Bonchev–Trinajstić information content (AvgIpc) is 3.16. The normalized spacial score (nSPS) is 10.6. The molecule has 0 spiro atoms. The van der Waals surface area contributed by atoms with Crippen LogP contribution in [0.15, 0.2) is 72.9 Å². The van der Waals surface area contributed by atoms with Gasteiger partial charge in [0.2, 0.25) is 0 Å². The van der Waals surface area contributed by atoms with Crippen LogP contribution in [0, 0.1) is 0 Å². The van der Waals surface area contributed by atoms with E-state index >= 15 is 0 Å². The van der Waals surface area contributed by atoms with Gasteiger partial charge in [-0.25, -0.2) is 0 Å². The Morgan fingerprint density at radius 3 is 2.32 bits per heavy atom. The summed E-state index contributed by atoms with van der Waals surface area (Å²) in [5.74, 6) is -0.551. The minimum absolute atomic E-state index is 0.273. The second-order valence-corrected chi connectivity index (χ2v) is 6.60. The van der Waals surface area contributed by atoms with Crippen LogP contribution in [-0.4, -0.2) is 22.0 Å². The number of halogens is 1. The largest absolute Gasteiger partial charge is 0.322 e. The van der Waals surface area contributed by atoms with Gasteiger partial charge in [0.1, 0.15) is 0 Å². The summed E-state index contributed by atoms with van der Waals surface area (Å²) in [6.07, 6.45) is 1.69. The Balaban J connectivity index is 1.48. The second kappa shape index (κ2) is 7.54. The highest BCUT2D eigenvalue weighted by molar-refractivity contribution is 6.30. The number of aromatic amines is 1. The van der Waals surface area contributed by atoms with Gasteiger partial charge in [-0.15, -0.1) is 0 Å². The van der Waals surface area contributed by atoms with Crippen LogP contribution in [0.1, 0.15) is 20.7 Å². The maximum Gasteiger partial charge on any atom is 0.255 e. The molecule has 0 unspecified atom stereocenters. The SMILES string of the molecule is O=C(Nc1cccc(C(=O)Nc2ccc3[nH]ncc3c2)c1)c1ccc(Cl)cc1.